The van der Waals surface area contributed by atoms with Gasteiger partial charge in [0.1, 0.15) is 0 Å². The minimum atomic E-state index is -0.387. The molecule has 24 heavy (non-hydrogen) atoms. The lowest BCUT2D eigenvalue weighted by Gasteiger charge is -2.32. The van der Waals surface area contributed by atoms with E-state index in [0.29, 0.717) is 0 Å². The highest BCUT2D eigenvalue weighted by Crippen LogP contribution is 2.31. The van der Waals surface area contributed by atoms with Crippen molar-refractivity contribution in [2.45, 2.75) is 52.4 Å². The average Bonchev–Trinajstić information content (AvgIpc) is 2.80. The first-order valence-electron chi connectivity index (χ1n) is 7.95. The van der Waals surface area contributed by atoms with Crippen LogP contribution in [0.25, 0.3) is 0 Å². The van der Waals surface area contributed by atoms with Crippen LogP contribution in [0.5, 0.6) is 0 Å². The summed E-state index contributed by atoms with van der Waals surface area (Å²) in [5, 5.41) is 11.8. The molecule has 0 spiro atoms. The van der Waals surface area contributed by atoms with E-state index in [9.17, 15) is 10.1 Å². The van der Waals surface area contributed by atoms with E-state index in [-0.39, 0.29) is 28.4 Å². The third-order valence-corrected chi connectivity index (χ3v) is 5.02. The SMILES string of the molecule is Cc1cc([N+](=O)[O-])ccc1N=C1SC[C@H]([C@@H](C)OC(C)(C)C)N1C. The molecule has 0 aromatic heterocycles. The van der Waals surface area contributed by atoms with Crippen molar-refractivity contribution in [2.75, 3.05) is 12.8 Å². The molecule has 1 aromatic rings. The van der Waals surface area contributed by atoms with Crippen molar-refractivity contribution in [3.8, 4) is 0 Å². The number of rotatable bonds is 4. The number of likely N-dealkylation sites (N-methyl/N-ethyl adjacent to an activating group) is 1. The number of hydrogen-bond donors (Lipinski definition) is 0. The molecular formula is C17H25N3O3S. The maximum Gasteiger partial charge on any atom is 0.269 e. The Kier molecular flexibility index (Phi) is 5.55. The van der Waals surface area contributed by atoms with E-state index < -0.39 is 0 Å². The lowest BCUT2D eigenvalue weighted by molar-refractivity contribution is -0.384. The van der Waals surface area contributed by atoms with Gasteiger partial charge in [0.15, 0.2) is 5.17 Å². The van der Waals surface area contributed by atoms with Gasteiger partial charge in [-0.1, -0.05) is 11.8 Å². The number of benzene rings is 1. The zero-order valence-corrected chi connectivity index (χ0v) is 15.9. The van der Waals surface area contributed by atoms with Gasteiger partial charge >= 0.3 is 0 Å². The highest BCUT2D eigenvalue weighted by atomic mass is 32.2. The molecule has 2 rings (SSSR count). The molecule has 132 valence electrons. The van der Waals surface area contributed by atoms with Crippen LogP contribution in [0.4, 0.5) is 11.4 Å². The summed E-state index contributed by atoms with van der Waals surface area (Å²) >= 11 is 1.69. The Bertz CT molecular complexity index is 655. The van der Waals surface area contributed by atoms with Crippen LogP contribution in [0.3, 0.4) is 0 Å². The first kappa shape index (κ1) is 18.7. The van der Waals surface area contributed by atoms with Crippen molar-refractivity contribution in [2.24, 2.45) is 4.99 Å². The highest BCUT2D eigenvalue weighted by molar-refractivity contribution is 8.14. The smallest absolute Gasteiger partial charge is 0.269 e. The van der Waals surface area contributed by atoms with E-state index in [1.54, 1.807) is 23.9 Å². The number of amidine groups is 1. The van der Waals surface area contributed by atoms with Crippen LogP contribution in [0.15, 0.2) is 23.2 Å². The fourth-order valence-electron chi connectivity index (χ4n) is 2.69. The fraction of sp³-hybridized carbons (Fsp3) is 0.588. The summed E-state index contributed by atoms with van der Waals surface area (Å²) in [6, 6.07) is 5.01. The quantitative estimate of drug-likeness (QED) is 0.602. The van der Waals surface area contributed by atoms with Gasteiger partial charge < -0.3 is 9.64 Å². The van der Waals surface area contributed by atoms with Crippen LogP contribution in [-0.4, -0.2) is 45.5 Å². The number of ether oxygens (including phenoxy) is 1. The molecule has 0 bridgehead atoms. The molecule has 1 aliphatic heterocycles. The molecule has 2 atom stereocenters. The summed E-state index contributed by atoms with van der Waals surface area (Å²) in [5.74, 6) is 0.915. The maximum atomic E-state index is 10.8. The van der Waals surface area contributed by atoms with Gasteiger partial charge in [0, 0.05) is 24.9 Å². The number of nitrogens with zero attached hydrogens (tertiary/aromatic N) is 3. The zero-order valence-electron chi connectivity index (χ0n) is 15.1. The van der Waals surface area contributed by atoms with Crippen LogP contribution in [-0.2, 0) is 4.74 Å². The summed E-state index contributed by atoms with van der Waals surface area (Å²) in [5.41, 5.74) is 1.47. The Morgan fingerprint density at radius 2 is 2.12 bits per heavy atom. The number of thioether (sulfide) groups is 1. The number of aliphatic imine (C=N–C) groups is 1. The molecule has 0 radical (unpaired) electrons. The van der Waals surface area contributed by atoms with Crippen molar-refractivity contribution < 1.29 is 9.66 Å². The first-order valence-corrected chi connectivity index (χ1v) is 8.94. The van der Waals surface area contributed by atoms with Gasteiger partial charge in [0.2, 0.25) is 0 Å². The van der Waals surface area contributed by atoms with Gasteiger partial charge in [-0.3, -0.25) is 10.1 Å². The molecule has 1 aliphatic rings. The number of non-ortho nitro benzene ring substituents is 1. The molecule has 0 saturated carbocycles. The van der Waals surface area contributed by atoms with Gasteiger partial charge in [0.05, 0.1) is 28.4 Å². The van der Waals surface area contributed by atoms with Gasteiger partial charge in [-0.2, -0.15) is 0 Å². The monoisotopic (exact) mass is 351 g/mol. The fourth-order valence-corrected chi connectivity index (χ4v) is 4.01. The minimum Gasteiger partial charge on any atom is -0.371 e. The second-order valence-corrected chi connectivity index (χ2v) is 8.03. The van der Waals surface area contributed by atoms with E-state index in [0.717, 1.165) is 22.2 Å². The average molecular weight is 351 g/mol. The van der Waals surface area contributed by atoms with E-state index in [2.05, 4.69) is 32.6 Å². The Morgan fingerprint density at radius 3 is 2.67 bits per heavy atom. The molecule has 0 unspecified atom stereocenters. The highest BCUT2D eigenvalue weighted by Gasteiger charge is 2.34. The van der Waals surface area contributed by atoms with Gasteiger partial charge in [0.25, 0.3) is 5.69 Å². The summed E-state index contributed by atoms with van der Waals surface area (Å²) in [7, 11) is 2.02. The predicted octanol–water partition coefficient (Wildman–Crippen LogP) is 4.14. The van der Waals surface area contributed by atoms with E-state index in [4.69, 9.17) is 9.73 Å². The topological polar surface area (TPSA) is 68.0 Å². The first-order chi connectivity index (χ1) is 11.1. The molecular weight excluding hydrogens is 326 g/mol. The Balaban J connectivity index is 2.16. The third-order valence-electron chi connectivity index (χ3n) is 3.87. The number of aryl methyl sites for hydroxylation is 1. The van der Waals surface area contributed by atoms with Crippen LogP contribution >= 0.6 is 11.8 Å². The lowest BCUT2D eigenvalue weighted by atomic mass is 10.1. The molecule has 1 heterocycles. The van der Waals surface area contributed by atoms with Crippen molar-refractivity contribution in [1.82, 2.24) is 4.90 Å². The number of hydrogen-bond acceptors (Lipinski definition) is 5. The second-order valence-electron chi connectivity index (χ2n) is 7.05. The van der Waals surface area contributed by atoms with Crippen molar-refractivity contribution >= 4 is 28.3 Å². The molecule has 0 amide bonds. The molecule has 0 aliphatic carbocycles. The van der Waals surface area contributed by atoms with Crippen LogP contribution in [0, 0.1) is 17.0 Å². The summed E-state index contributed by atoms with van der Waals surface area (Å²) in [6.07, 6.45) is 0.0909. The Morgan fingerprint density at radius 1 is 1.46 bits per heavy atom. The van der Waals surface area contributed by atoms with E-state index in [1.165, 1.54) is 6.07 Å². The van der Waals surface area contributed by atoms with Gasteiger partial charge in [-0.15, -0.1) is 0 Å². The van der Waals surface area contributed by atoms with Crippen LogP contribution in [0.2, 0.25) is 0 Å². The Labute approximate surface area is 147 Å². The zero-order chi connectivity index (χ0) is 18.1. The number of nitro benzene ring substituents is 1. The van der Waals surface area contributed by atoms with Gasteiger partial charge in [-0.05, 0) is 46.2 Å². The third kappa shape index (κ3) is 4.48. The summed E-state index contributed by atoms with van der Waals surface area (Å²) < 4.78 is 6.07. The largest absolute Gasteiger partial charge is 0.371 e. The van der Waals surface area contributed by atoms with Crippen molar-refractivity contribution in [3.05, 3.63) is 33.9 Å². The molecule has 1 saturated heterocycles. The molecule has 1 aromatic carbocycles. The van der Waals surface area contributed by atoms with E-state index >= 15 is 0 Å². The molecule has 0 N–H and O–H groups in total. The summed E-state index contributed by atoms with van der Waals surface area (Å²) in [4.78, 5) is 17.3. The number of nitro groups is 1. The predicted molar refractivity (Wildman–Crippen MR) is 99.2 cm³/mol. The molecule has 6 nitrogen and oxygen atoms in total. The van der Waals surface area contributed by atoms with E-state index in [1.807, 2.05) is 14.0 Å². The molecule has 1 fully saturated rings. The minimum absolute atomic E-state index is 0.0909. The standard InChI is InChI=1S/C17H25N3O3S/c1-11-9-13(20(21)22)7-8-14(11)18-16-19(6)15(10-24-16)12(2)23-17(3,4)5/h7-9,12,15H,10H2,1-6H3/t12-,15-/m1/s1. The maximum absolute atomic E-state index is 10.8. The van der Waals surface area contributed by atoms with Gasteiger partial charge in [-0.25, -0.2) is 4.99 Å². The Hall–Kier alpha value is -1.60. The normalized spacial score (nSPS) is 21.3. The summed E-state index contributed by atoms with van der Waals surface area (Å²) in [6.45, 7) is 10.1. The van der Waals surface area contributed by atoms with Crippen LogP contribution < -0.4 is 0 Å². The van der Waals surface area contributed by atoms with Crippen LogP contribution in [0.1, 0.15) is 33.3 Å². The second kappa shape index (κ2) is 7.11. The van der Waals surface area contributed by atoms with Crippen molar-refractivity contribution in [1.29, 1.82) is 0 Å². The lowest BCUT2D eigenvalue weighted by Crippen LogP contribution is -2.42. The molecule has 7 heteroatoms. The van der Waals surface area contributed by atoms with Crippen molar-refractivity contribution in [3.63, 3.8) is 0 Å².